The van der Waals surface area contributed by atoms with E-state index in [9.17, 15) is 4.39 Å². The van der Waals surface area contributed by atoms with E-state index in [4.69, 9.17) is 22.1 Å². The van der Waals surface area contributed by atoms with Crippen molar-refractivity contribution in [3.05, 3.63) is 62.8 Å². The van der Waals surface area contributed by atoms with Gasteiger partial charge in [-0.3, -0.25) is 0 Å². The summed E-state index contributed by atoms with van der Waals surface area (Å²) in [7, 11) is 0. The van der Waals surface area contributed by atoms with Gasteiger partial charge in [0, 0.05) is 20.6 Å². The molecule has 0 aromatic heterocycles. The van der Waals surface area contributed by atoms with E-state index in [2.05, 4.69) is 15.9 Å². The van der Waals surface area contributed by atoms with Crippen LogP contribution in [0.4, 0.5) is 4.39 Å². The van der Waals surface area contributed by atoms with E-state index in [1.165, 1.54) is 18.2 Å². The Bertz CT molecular complexity index is 621. The Balaban J connectivity index is 2.49. The van der Waals surface area contributed by atoms with Gasteiger partial charge in [0.05, 0.1) is 12.6 Å². The van der Waals surface area contributed by atoms with Gasteiger partial charge in [-0.2, -0.15) is 0 Å². The maximum Gasteiger partial charge on any atom is 0.128 e. The number of rotatable bonds is 4. The van der Waals surface area contributed by atoms with E-state index in [1.807, 2.05) is 25.1 Å². The van der Waals surface area contributed by atoms with Gasteiger partial charge in [-0.1, -0.05) is 27.5 Å². The van der Waals surface area contributed by atoms with Gasteiger partial charge >= 0.3 is 0 Å². The Labute approximate surface area is 130 Å². The van der Waals surface area contributed by atoms with Gasteiger partial charge < -0.3 is 10.5 Å². The van der Waals surface area contributed by atoms with Crippen LogP contribution in [0, 0.1) is 5.82 Å². The lowest BCUT2D eigenvalue weighted by atomic mass is 9.98. The monoisotopic (exact) mass is 357 g/mol. The van der Waals surface area contributed by atoms with Gasteiger partial charge in [-0.25, -0.2) is 4.39 Å². The Hall–Kier alpha value is -1.10. The summed E-state index contributed by atoms with van der Waals surface area (Å²) >= 11 is 9.31. The van der Waals surface area contributed by atoms with Crippen molar-refractivity contribution < 1.29 is 9.13 Å². The molecule has 1 atom stereocenters. The summed E-state index contributed by atoms with van der Waals surface area (Å²) < 4.78 is 20.3. The number of hydrogen-bond donors (Lipinski definition) is 1. The second-order valence-corrected chi connectivity index (χ2v) is 5.61. The lowest BCUT2D eigenvalue weighted by Gasteiger charge is -2.18. The normalized spacial score (nSPS) is 12.2. The predicted molar refractivity (Wildman–Crippen MR) is 82.8 cm³/mol. The first-order valence-corrected chi connectivity index (χ1v) is 7.32. The fourth-order valence-corrected chi connectivity index (χ4v) is 2.53. The van der Waals surface area contributed by atoms with Crippen LogP contribution in [0.25, 0.3) is 0 Å². The summed E-state index contributed by atoms with van der Waals surface area (Å²) in [6.07, 6.45) is 0. The molecule has 0 heterocycles. The third kappa shape index (κ3) is 3.32. The van der Waals surface area contributed by atoms with E-state index >= 15 is 0 Å². The SMILES string of the molecule is CCOc1ccc(Br)cc1C(N)c1cc(Cl)ccc1F. The zero-order valence-electron chi connectivity index (χ0n) is 10.9. The second-order valence-electron chi connectivity index (χ2n) is 4.26. The molecule has 20 heavy (non-hydrogen) atoms. The lowest BCUT2D eigenvalue weighted by Crippen LogP contribution is -2.15. The fourth-order valence-electron chi connectivity index (χ4n) is 1.97. The number of ether oxygens (including phenoxy) is 1. The average Bonchev–Trinajstić information content (AvgIpc) is 2.43. The number of nitrogens with two attached hydrogens (primary N) is 1. The molecule has 2 rings (SSSR count). The van der Waals surface area contributed by atoms with Crippen molar-refractivity contribution in [3.8, 4) is 5.75 Å². The van der Waals surface area contributed by atoms with Crippen LogP contribution < -0.4 is 10.5 Å². The van der Waals surface area contributed by atoms with E-state index < -0.39 is 6.04 Å². The molecule has 0 bridgehead atoms. The molecule has 0 amide bonds. The van der Waals surface area contributed by atoms with Crippen molar-refractivity contribution in [3.63, 3.8) is 0 Å². The maximum absolute atomic E-state index is 13.9. The molecule has 0 saturated carbocycles. The van der Waals surface area contributed by atoms with E-state index in [0.29, 0.717) is 28.5 Å². The first-order chi connectivity index (χ1) is 9.52. The smallest absolute Gasteiger partial charge is 0.128 e. The maximum atomic E-state index is 13.9. The molecule has 0 radical (unpaired) electrons. The van der Waals surface area contributed by atoms with E-state index in [1.54, 1.807) is 0 Å². The Morgan fingerprint density at radius 1 is 1.25 bits per heavy atom. The Morgan fingerprint density at radius 3 is 2.70 bits per heavy atom. The van der Waals surface area contributed by atoms with Crippen LogP contribution in [-0.2, 0) is 0 Å². The zero-order valence-corrected chi connectivity index (χ0v) is 13.2. The zero-order chi connectivity index (χ0) is 14.7. The van der Waals surface area contributed by atoms with Crippen molar-refractivity contribution >= 4 is 27.5 Å². The molecule has 2 N–H and O–H groups in total. The highest BCUT2D eigenvalue weighted by atomic mass is 79.9. The van der Waals surface area contributed by atoms with Gasteiger partial charge in [0.2, 0.25) is 0 Å². The first-order valence-electron chi connectivity index (χ1n) is 6.15. The van der Waals surface area contributed by atoms with Gasteiger partial charge in [-0.15, -0.1) is 0 Å². The van der Waals surface area contributed by atoms with Crippen LogP contribution in [0.5, 0.6) is 5.75 Å². The lowest BCUT2D eigenvalue weighted by molar-refractivity contribution is 0.335. The third-order valence-electron chi connectivity index (χ3n) is 2.90. The molecule has 0 spiro atoms. The summed E-state index contributed by atoms with van der Waals surface area (Å²) in [5.41, 5.74) is 7.24. The number of benzene rings is 2. The molecule has 2 nitrogen and oxygen atoms in total. The minimum absolute atomic E-state index is 0.344. The second kappa shape index (κ2) is 6.57. The van der Waals surface area contributed by atoms with Crippen molar-refractivity contribution in [2.75, 3.05) is 6.61 Å². The van der Waals surface area contributed by atoms with Crippen LogP contribution >= 0.6 is 27.5 Å². The van der Waals surface area contributed by atoms with E-state index in [0.717, 1.165) is 4.47 Å². The van der Waals surface area contributed by atoms with Crippen molar-refractivity contribution in [1.82, 2.24) is 0 Å². The Kier molecular flexibility index (Phi) is 5.02. The number of hydrogen-bond acceptors (Lipinski definition) is 2. The van der Waals surface area contributed by atoms with Gasteiger partial charge in [0.25, 0.3) is 0 Å². The molecule has 0 saturated heterocycles. The average molecular weight is 359 g/mol. The molecule has 1 unspecified atom stereocenters. The van der Waals surface area contributed by atoms with Crippen molar-refractivity contribution in [2.24, 2.45) is 5.73 Å². The van der Waals surface area contributed by atoms with Crippen molar-refractivity contribution in [1.29, 1.82) is 0 Å². The quantitative estimate of drug-likeness (QED) is 0.860. The van der Waals surface area contributed by atoms with Crippen LogP contribution in [0.15, 0.2) is 40.9 Å². The molecule has 0 aliphatic heterocycles. The summed E-state index contributed by atoms with van der Waals surface area (Å²) in [5, 5.41) is 0.449. The molecule has 106 valence electrons. The summed E-state index contributed by atoms with van der Waals surface area (Å²) in [6.45, 7) is 2.40. The first kappa shape index (κ1) is 15.3. The molecule has 2 aromatic rings. The Morgan fingerprint density at radius 2 is 2.00 bits per heavy atom. The van der Waals surface area contributed by atoms with Crippen LogP contribution in [0.2, 0.25) is 5.02 Å². The minimum atomic E-state index is -0.646. The van der Waals surface area contributed by atoms with Crippen LogP contribution in [-0.4, -0.2) is 6.61 Å². The van der Waals surface area contributed by atoms with E-state index in [-0.39, 0.29) is 5.82 Å². The highest BCUT2D eigenvalue weighted by Gasteiger charge is 2.18. The largest absolute Gasteiger partial charge is 0.494 e. The molecular weight excluding hydrogens is 345 g/mol. The standard InChI is InChI=1S/C15H14BrClFNO/c1-2-20-14-6-3-9(16)7-12(14)15(19)11-8-10(17)4-5-13(11)18/h3-8,15H,2,19H2,1H3. The summed E-state index contributed by atoms with van der Waals surface area (Å²) in [5.74, 6) is 0.256. The molecule has 2 aromatic carbocycles. The summed E-state index contributed by atoms with van der Waals surface area (Å²) in [6, 6.07) is 9.20. The molecular formula is C15H14BrClFNO. The fraction of sp³-hybridized carbons (Fsp3) is 0.200. The van der Waals surface area contributed by atoms with Gasteiger partial charge in [-0.05, 0) is 43.3 Å². The molecule has 0 fully saturated rings. The summed E-state index contributed by atoms with van der Waals surface area (Å²) in [4.78, 5) is 0. The number of halogens is 3. The molecule has 5 heteroatoms. The highest BCUT2D eigenvalue weighted by Crippen LogP contribution is 2.33. The van der Waals surface area contributed by atoms with Crippen LogP contribution in [0.1, 0.15) is 24.1 Å². The topological polar surface area (TPSA) is 35.2 Å². The van der Waals surface area contributed by atoms with Gasteiger partial charge in [0.1, 0.15) is 11.6 Å². The van der Waals surface area contributed by atoms with Crippen molar-refractivity contribution in [2.45, 2.75) is 13.0 Å². The van der Waals surface area contributed by atoms with Crippen LogP contribution in [0.3, 0.4) is 0 Å². The highest BCUT2D eigenvalue weighted by molar-refractivity contribution is 9.10. The minimum Gasteiger partial charge on any atom is -0.494 e. The molecule has 0 aliphatic rings. The molecule has 0 aliphatic carbocycles. The third-order valence-corrected chi connectivity index (χ3v) is 3.63. The van der Waals surface area contributed by atoms with Gasteiger partial charge in [0.15, 0.2) is 0 Å². The predicted octanol–water partition coefficient (Wildman–Crippen LogP) is 4.69.